The van der Waals surface area contributed by atoms with Gasteiger partial charge in [-0.1, -0.05) is 62.4 Å². The minimum absolute atomic E-state index is 0.0347. The van der Waals surface area contributed by atoms with Crippen molar-refractivity contribution in [1.82, 2.24) is 16.0 Å². The molecular weight excluding hydrogens is 838 g/mol. The SMILES string of the molecule is CCS(=O)(=O)c1ccc(CNC(=O)c2ccc(C3CCN(c4ccc(C(F)(F)F)cc4)C3)cc2)cc1.CCS(=O)(=O)c1ccc(CNC(=O)c2ccc(C3CCNC3)cc2)cc1. The molecule has 2 unspecified atom stereocenters. The van der Waals surface area contributed by atoms with Crippen molar-refractivity contribution < 1.29 is 39.6 Å². The van der Waals surface area contributed by atoms with Gasteiger partial charge >= 0.3 is 6.18 Å². The lowest BCUT2D eigenvalue weighted by Crippen LogP contribution is -2.23. The highest BCUT2D eigenvalue weighted by molar-refractivity contribution is 7.91. The quantitative estimate of drug-likeness (QED) is 0.108. The summed E-state index contributed by atoms with van der Waals surface area (Å²) in [5.41, 5.74) is 5.25. The molecule has 0 aliphatic carbocycles. The summed E-state index contributed by atoms with van der Waals surface area (Å²) in [6.07, 6.45) is -2.34. The molecule has 2 amide bonds. The Kier molecular flexibility index (Phi) is 14.9. The van der Waals surface area contributed by atoms with Crippen LogP contribution < -0.4 is 20.9 Å². The van der Waals surface area contributed by atoms with E-state index in [2.05, 4.69) is 20.9 Å². The van der Waals surface area contributed by atoms with Gasteiger partial charge in [0.25, 0.3) is 11.8 Å². The van der Waals surface area contributed by atoms with Gasteiger partial charge < -0.3 is 20.9 Å². The Hall–Kier alpha value is -5.51. The lowest BCUT2D eigenvalue weighted by molar-refractivity contribution is -0.137. The summed E-state index contributed by atoms with van der Waals surface area (Å²) >= 11 is 0. The van der Waals surface area contributed by atoms with Crippen LogP contribution in [0, 0.1) is 0 Å². The van der Waals surface area contributed by atoms with Crippen LogP contribution in [0.25, 0.3) is 0 Å². The molecule has 3 N–H and O–H groups in total. The number of carbonyl (C=O) groups is 2. The number of rotatable bonds is 13. The van der Waals surface area contributed by atoms with E-state index in [0.717, 1.165) is 67.0 Å². The first-order valence-electron chi connectivity index (χ1n) is 20.6. The predicted octanol–water partition coefficient (Wildman–Crippen LogP) is 7.91. The van der Waals surface area contributed by atoms with Crippen LogP contribution in [0.4, 0.5) is 18.9 Å². The average Bonchev–Trinajstić information content (AvgIpc) is 4.02. The molecule has 2 saturated heterocycles. The predicted molar refractivity (Wildman–Crippen MR) is 235 cm³/mol. The molecule has 2 aliphatic rings. The number of carbonyl (C=O) groups excluding carboxylic acids is 2. The second-order valence-electron chi connectivity index (χ2n) is 15.4. The van der Waals surface area contributed by atoms with Gasteiger partial charge in [0.05, 0.1) is 26.9 Å². The molecule has 5 aromatic carbocycles. The summed E-state index contributed by atoms with van der Waals surface area (Å²) in [4.78, 5) is 27.5. The first-order chi connectivity index (χ1) is 29.6. The van der Waals surface area contributed by atoms with Gasteiger partial charge in [-0.25, -0.2) is 16.8 Å². The van der Waals surface area contributed by atoms with Gasteiger partial charge in [-0.15, -0.1) is 0 Å². The Bertz CT molecular complexity index is 2510. The molecule has 62 heavy (non-hydrogen) atoms. The highest BCUT2D eigenvalue weighted by atomic mass is 32.2. The Morgan fingerprint density at radius 1 is 0.629 bits per heavy atom. The zero-order chi connectivity index (χ0) is 44.5. The highest BCUT2D eigenvalue weighted by Crippen LogP contribution is 2.34. The molecule has 0 bridgehead atoms. The van der Waals surface area contributed by atoms with Gasteiger partial charge in [-0.3, -0.25) is 9.59 Å². The standard InChI is InChI=1S/C27H27F3N2O3S.C20H24N2O3S/c1-2-36(34,35)25-13-3-19(4-14-25)17-31-26(33)21-7-5-20(6-8-21)22-15-16-32(18-22)24-11-9-23(10-12-24)27(28,29)30;1-2-26(24,25)19-9-3-15(4-10-19)13-22-20(23)17-7-5-16(6-8-17)18-11-12-21-14-18/h3-14,22H,2,15-18H2,1H3,(H,31,33);3-10,18,21H,2,11-14H2,1H3,(H,22,23). The second-order valence-corrected chi connectivity index (χ2v) is 19.9. The number of hydrogen-bond acceptors (Lipinski definition) is 8. The fraction of sp³-hybridized carbons (Fsp3) is 0.319. The number of nitrogens with zero attached hydrogens (tertiary/aromatic N) is 1. The molecule has 0 aromatic heterocycles. The van der Waals surface area contributed by atoms with E-state index in [1.54, 1.807) is 74.5 Å². The summed E-state index contributed by atoms with van der Waals surface area (Å²) in [7, 11) is -6.45. The fourth-order valence-electron chi connectivity index (χ4n) is 7.41. The number of hydrogen-bond donors (Lipinski definition) is 3. The summed E-state index contributed by atoms with van der Waals surface area (Å²) in [6, 6.07) is 33.5. The third-order valence-electron chi connectivity index (χ3n) is 11.3. The Morgan fingerprint density at radius 3 is 1.48 bits per heavy atom. The zero-order valence-electron chi connectivity index (χ0n) is 34.6. The molecule has 0 radical (unpaired) electrons. The molecule has 7 rings (SSSR count). The van der Waals surface area contributed by atoms with Gasteiger partial charge in [0.2, 0.25) is 0 Å². The molecule has 5 aromatic rings. The van der Waals surface area contributed by atoms with Crippen molar-refractivity contribution >= 4 is 37.2 Å². The van der Waals surface area contributed by atoms with Gasteiger partial charge in [-0.2, -0.15) is 13.2 Å². The number of nitrogens with one attached hydrogen (secondary N) is 3. The summed E-state index contributed by atoms with van der Waals surface area (Å²) in [5, 5.41) is 9.07. The number of anilines is 1. The lowest BCUT2D eigenvalue weighted by Gasteiger charge is -2.19. The topological polar surface area (TPSA) is 142 Å². The van der Waals surface area contributed by atoms with Crippen molar-refractivity contribution in [3.05, 3.63) is 160 Å². The number of halogens is 3. The molecule has 0 spiro atoms. The minimum Gasteiger partial charge on any atom is -0.371 e. The minimum atomic E-state index is -4.34. The van der Waals surface area contributed by atoms with Crippen LogP contribution in [0.15, 0.2) is 131 Å². The van der Waals surface area contributed by atoms with Crippen LogP contribution >= 0.6 is 0 Å². The fourth-order valence-corrected chi connectivity index (χ4v) is 9.18. The first-order valence-corrected chi connectivity index (χ1v) is 23.9. The van der Waals surface area contributed by atoms with E-state index in [-0.39, 0.29) is 40.7 Å². The van der Waals surface area contributed by atoms with E-state index in [1.165, 1.54) is 17.7 Å². The average molecular weight is 889 g/mol. The molecule has 10 nitrogen and oxygen atoms in total. The zero-order valence-corrected chi connectivity index (χ0v) is 36.3. The van der Waals surface area contributed by atoms with E-state index >= 15 is 0 Å². The van der Waals surface area contributed by atoms with Crippen molar-refractivity contribution in [1.29, 1.82) is 0 Å². The van der Waals surface area contributed by atoms with Crippen molar-refractivity contribution in [2.75, 3.05) is 42.6 Å². The molecule has 2 fully saturated rings. The monoisotopic (exact) mass is 888 g/mol. The Morgan fingerprint density at radius 2 is 1.08 bits per heavy atom. The number of amides is 2. The van der Waals surface area contributed by atoms with Gasteiger partial charge in [0.15, 0.2) is 19.7 Å². The van der Waals surface area contributed by atoms with E-state index < -0.39 is 31.4 Å². The maximum atomic E-state index is 12.8. The molecule has 2 aliphatic heterocycles. The maximum Gasteiger partial charge on any atom is 0.416 e. The normalized spacial score (nSPS) is 16.6. The third-order valence-corrected chi connectivity index (χ3v) is 14.8. The van der Waals surface area contributed by atoms with Gasteiger partial charge in [0, 0.05) is 55.5 Å². The lowest BCUT2D eigenvalue weighted by atomic mass is 9.97. The number of alkyl halides is 3. The van der Waals surface area contributed by atoms with Gasteiger partial charge in [-0.05, 0) is 120 Å². The van der Waals surface area contributed by atoms with Crippen molar-refractivity contribution in [2.24, 2.45) is 0 Å². The van der Waals surface area contributed by atoms with E-state index in [4.69, 9.17) is 0 Å². The van der Waals surface area contributed by atoms with Gasteiger partial charge in [0.1, 0.15) is 0 Å². The molecule has 2 heterocycles. The summed E-state index contributed by atoms with van der Waals surface area (Å²) < 4.78 is 85.9. The third kappa shape index (κ3) is 11.9. The maximum absolute atomic E-state index is 12.8. The van der Waals surface area contributed by atoms with Crippen LogP contribution in [0.3, 0.4) is 0 Å². The van der Waals surface area contributed by atoms with Crippen LogP contribution in [-0.4, -0.2) is 66.3 Å². The second kappa shape index (κ2) is 20.1. The summed E-state index contributed by atoms with van der Waals surface area (Å²) in [6.45, 7) is 7.34. The Balaban J connectivity index is 0.000000218. The van der Waals surface area contributed by atoms with Crippen LogP contribution in [-0.2, 0) is 38.9 Å². The number of sulfone groups is 2. The van der Waals surface area contributed by atoms with E-state index in [1.807, 2.05) is 36.4 Å². The smallest absolute Gasteiger partial charge is 0.371 e. The summed E-state index contributed by atoms with van der Waals surface area (Å²) in [5.74, 6) is 0.506. The van der Waals surface area contributed by atoms with Crippen molar-refractivity contribution in [3.63, 3.8) is 0 Å². The molecular formula is C47H51F3N4O6S2. The number of benzene rings is 5. The van der Waals surface area contributed by atoms with Crippen molar-refractivity contribution in [3.8, 4) is 0 Å². The van der Waals surface area contributed by atoms with E-state index in [0.29, 0.717) is 35.0 Å². The van der Waals surface area contributed by atoms with Crippen LogP contribution in [0.1, 0.15) is 87.1 Å². The highest BCUT2D eigenvalue weighted by Gasteiger charge is 2.31. The van der Waals surface area contributed by atoms with Crippen molar-refractivity contribution in [2.45, 2.75) is 67.6 Å². The van der Waals surface area contributed by atoms with Crippen LogP contribution in [0.2, 0.25) is 0 Å². The molecule has 0 saturated carbocycles. The molecule has 2 atom stereocenters. The Labute approximate surface area is 361 Å². The molecule has 328 valence electrons. The largest absolute Gasteiger partial charge is 0.416 e. The molecule has 15 heteroatoms. The van der Waals surface area contributed by atoms with Crippen LogP contribution in [0.5, 0.6) is 0 Å². The first kappa shape index (κ1) is 46.0. The van der Waals surface area contributed by atoms with E-state index in [9.17, 15) is 39.6 Å².